The van der Waals surface area contributed by atoms with Gasteiger partial charge in [-0.2, -0.15) is 13.2 Å². The minimum absolute atomic E-state index is 0.396. The van der Waals surface area contributed by atoms with E-state index in [1.54, 1.807) is 12.1 Å². The molecule has 2 aromatic carbocycles. The zero-order chi connectivity index (χ0) is 17.0. The number of hydrogen-bond donors (Lipinski definition) is 0. The van der Waals surface area contributed by atoms with E-state index in [9.17, 15) is 18.0 Å². The van der Waals surface area contributed by atoms with Gasteiger partial charge in [-0.05, 0) is 48.4 Å². The van der Waals surface area contributed by atoms with Crippen molar-refractivity contribution in [3.63, 3.8) is 0 Å². The van der Waals surface area contributed by atoms with Gasteiger partial charge in [0.05, 0.1) is 18.2 Å². The summed E-state index contributed by atoms with van der Waals surface area (Å²) in [4.78, 5) is 12.4. The number of esters is 1. The summed E-state index contributed by atoms with van der Waals surface area (Å²) in [6.07, 6.45) is -4.31. The summed E-state index contributed by atoms with van der Waals surface area (Å²) in [6.45, 7) is 1.88. The quantitative estimate of drug-likeness (QED) is 0.573. The Balaban J connectivity index is 2.05. The number of carbonyl (C=O) groups excluding carboxylic acids is 1. The van der Waals surface area contributed by atoms with Crippen LogP contribution in [0.15, 0.2) is 47.4 Å². The molecule has 6 heteroatoms. The van der Waals surface area contributed by atoms with Gasteiger partial charge in [0.1, 0.15) is 0 Å². The van der Waals surface area contributed by atoms with E-state index < -0.39 is 17.7 Å². The van der Waals surface area contributed by atoms with Crippen LogP contribution in [0.2, 0.25) is 0 Å². The first-order valence-electron chi connectivity index (χ1n) is 6.79. The van der Waals surface area contributed by atoms with Crippen molar-refractivity contribution in [3.8, 4) is 0 Å². The molecule has 0 amide bonds. The summed E-state index contributed by atoms with van der Waals surface area (Å²) in [5, 5.41) is 0. The van der Waals surface area contributed by atoms with Crippen LogP contribution in [0.4, 0.5) is 13.2 Å². The molecular weight excluding hydrogens is 325 g/mol. The third-order valence-corrected chi connectivity index (χ3v) is 4.52. The van der Waals surface area contributed by atoms with Crippen molar-refractivity contribution in [1.29, 1.82) is 0 Å². The number of alkyl halides is 3. The first-order chi connectivity index (χ1) is 10.8. The van der Waals surface area contributed by atoms with Gasteiger partial charge in [-0.1, -0.05) is 12.1 Å². The highest BCUT2D eigenvalue weighted by atomic mass is 32.2. The molecule has 122 valence electrons. The Kier molecular flexibility index (Phi) is 5.36. The van der Waals surface area contributed by atoms with E-state index in [0.717, 1.165) is 28.2 Å². The molecule has 0 radical (unpaired) electrons. The zero-order valence-electron chi connectivity index (χ0n) is 12.6. The minimum atomic E-state index is -4.31. The van der Waals surface area contributed by atoms with Gasteiger partial charge in [0, 0.05) is 10.6 Å². The second kappa shape index (κ2) is 7.08. The smallest absolute Gasteiger partial charge is 0.416 e. The molecule has 0 spiro atoms. The fourth-order valence-corrected chi connectivity index (χ4v) is 2.97. The summed E-state index contributed by atoms with van der Waals surface area (Å²) >= 11 is 1.51. The fourth-order valence-electron chi connectivity index (χ4n) is 2.01. The molecule has 0 unspecified atom stereocenters. The van der Waals surface area contributed by atoms with E-state index in [1.807, 2.05) is 13.0 Å². The molecule has 2 rings (SSSR count). The predicted molar refractivity (Wildman–Crippen MR) is 83.5 cm³/mol. The Hall–Kier alpha value is -1.95. The molecule has 0 aliphatic carbocycles. The Morgan fingerprint density at radius 2 is 1.78 bits per heavy atom. The Labute approximate surface area is 136 Å². The van der Waals surface area contributed by atoms with E-state index in [4.69, 9.17) is 0 Å². The summed E-state index contributed by atoms with van der Waals surface area (Å²) in [5.41, 5.74) is 1.55. The van der Waals surface area contributed by atoms with E-state index in [1.165, 1.54) is 31.0 Å². The minimum Gasteiger partial charge on any atom is -0.465 e. The van der Waals surface area contributed by atoms with Gasteiger partial charge >= 0.3 is 12.1 Å². The molecule has 0 fully saturated rings. The van der Waals surface area contributed by atoms with Gasteiger partial charge in [-0.15, -0.1) is 11.8 Å². The Bertz CT molecular complexity index is 694. The lowest BCUT2D eigenvalue weighted by Gasteiger charge is -2.09. The van der Waals surface area contributed by atoms with Crippen LogP contribution in [-0.2, 0) is 16.7 Å². The number of thioether (sulfide) groups is 1. The van der Waals surface area contributed by atoms with Crippen LogP contribution in [-0.4, -0.2) is 13.1 Å². The lowest BCUT2D eigenvalue weighted by Crippen LogP contribution is -2.04. The summed E-state index contributed by atoms with van der Waals surface area (Å²) in [7, 11) is 1.32. The topological polar surface area (TPSA) is 26.3 Å². The van der Waals surface area contributed by atoms with Crippen LogP contribution in [0, 0.1) is 6.92 Å². The number of benzene rings is 2. The molecule has 0 saturated carbocycles. The summed E-state index contributed by atoms with van der Waals surface area (Å²) in [5.74, 6) is 0.156. The molecule has 2 nitrogen and oxygen atoms in total. The summed E-state index contributed by atoms with van der Waals surface area (Å²) in [6, 6.07) is 10.4. The Morgan fingerprint density at radius 1 is 1.13 bits per heavy atom. The first kappa shape index (κ1) is 17.4. The highest BCUT2D eigenvalue weighted by molar-refractivity contribution is 7.98. The highest BCUT2D eigenvalue weighted by Crippen LogP contribution is 2.31. The van der Waals surface area contributed by atoms with Crippen molar-refractivity contribution in [2.24, 2.45) is 0 Å². The predicted octanol–water partition coefficient (Wildman–Crippen LogP) is 5.09. The number of aryl methyl sites for hydroxylation is 1. The van der Waals surface area contributed by atoms with Crippen molar-refractivity contribution in [2.75, 3.05) is 7.11 Å². The van der Waals surface area contributed by atoms with E-state index in [2.05, 4.69) is 4.74 Å². The van der Waals surface area contributed by atoms with E-state index in [-0.39, 0.29) is 0 Å². The number of carbonyl (C=O) groups is 1. The average molecular weight is 340 g/mol. The van der Waals surface area contributed by atoms with Gasteiger partial charge in [0.25, 0.3) is 0 Å². The highest BCUT2D eigenvalue weighted by Gasteiger charge is 2.29. The van der Waals surface area contributed by atoms with Crippen LogP contribution in [0.25, 0.3) is 0 Å². The third-order valence-electron chi connectivity index (χ3n) is 3.27. The maximum Gasteiger partial charge on any atom is 0.416 e. The van der Waals surface area contributed by atoms with Gasteiger partial charge in [0.2, 0.25) is 0 Å². The molecule has 0 saturated heterocycles. The van der Waals surface area contributed by atoms with Crippen molar-refractivity contribution >= 4 is 17.7 Å². The number of hydrogen-bond acceptors (Lipinski definition) is 3. The van der Waals surface area contributed by atoms with Crippen molar-refractivity contribution < 1.29 is 22.7 Å². The van der Waals surface area contributed by atoms with Gasteiger partial charge in [0.15, 0.2) is 0 Å². The normalized spacial score (nSPS) is 11.3. The molecule has 0 N–H and O–H groups in total. The van der Waals surface area contributed by atoms with Gasteiger partial charge in [-0.3, -0.25) is 0 Å². The summed E-state index contributed by atoms with van der Waals surface area (Å²) < 4.78 is 42.2. The van der Waals surface area contributed by atoms with Crippen molar-refractivity contribution in [2.45, 2.75) is 23.7 Å². The largest absolute Gasteiger partial charge is 0.465 e. The van der Waals surface area contributed by atoms with E-state index in [0.29, 0.717) is 11.3 Å². The second-order valence-electron chi connectivity index (χ2n) is 4.96. The first-order valence-corrected chi connectivity index (χ1v) is 7.77. The lowest BCUT2D eigenvalue weighted by atomic mass is 10.1. The van der Waals surface area contributed by atoms with Crippen molar-refractivity contribution in [3.05, 3.63) is 64.7 Å². The average Bonchev–Trinajstić information content (AvgIpc) is 2.52. The third kappa shape index (κ3) is 4.51. The van der Waals surface area contributed by atoms with Crippen LogP contribution >= 0.6 is 11.8 Å². The molecule has 23 heavy (non-hydrogen) atoms. The fraction of sp³-hybridized carbons (Fsp3) is 0.235. The van der Waals surface area contributed by atoms with E-state index >= 15 is 0 Å². The number of rotatable bonds is 4. The molecule has 0 bridgehead atoms. The molecule has 0 aliphatic rings. The SMILES string of the molecule is COC(=O)c1ccc(SCc2ccc(C(F)(F)F)cc2)c(C)c1. The molecule has 0 aliphatic heterocycles. The standard InChI is InChI=1S/C17H15F3O2S/c1-11-9-13(16(21)22-2)5-8-15(11)23-10-12-3-6-14(7-4-12)17(18,19)20/h3-9H,10H2,1-2H3. The Morgan fingerprint density at radius 3 is 2.30 bits per heavy atom. The molecule has 0 atom stereocenters. The van der Waals surface area contributed by atoms with Crippen LogP contribution in [0.3, 0.4) is 0 Å². The second-order valence-corrected chi connectivity index (χ2v) is 5.97. The van der Waals surface area contributed by atoms with Gasteiger partial charge < -0.3 is 4.74 Å². The maximum atomic E-state index is 12.5. The maximum absolute atomic E-state index is 12.5. The molecule has 0 heterocycles. The lowest BCUT2D eigenvalue weighted by molar-refractivity contribution is -0.137. The van der Waals surface area contributed by atoms with Crippen molar-refractivity contribution in [1.82, 2.24) is 0 Å². The zero-order valence-corrected chi connectivity index (χ0v) is 13.4. The number of halogens is 3. The van der Waals surface area contributed by atoms with Crippen LogP contribution in [0.5, 0.6) is 0 Å². The monoisotopic (exact) mass is 340 g/mol. The van der Waals surface area contributed by atoms with Crippen LogP contribution < -0.4 is 0 Å². The molecule has 2 aromatic rings. The number of ether oxygens (including phenoxy) is 1. The number of methoxy groups -OCH3 is 1. The van der Waals surface area contributed by atoms with Crippen LogP contribution in [0.1, 0.15) is 27.0 Å². The molecular formula is C17H15F3O2S. The molecule has 0 aromatic heterocycles. The van der Waals surface area contributed by atoms with Gasteiger partial charge in [-0.25, -0.2) is 4.79 Å².